The summed E-state index contributed by atoms with van der Waals surface area (Å²) in [6.45, 7) is 10.2. The van der Waals surface area contributed by atoms with Gasteiger partial charge in [0.25, 0.3) is 0 Å². The maximum absolute atomic E-state index is 12.1. The normalized spacial score (nSPS) is 13.2. The van der Waals surface area contributed by atoms with Gasteiger partial charge in [0.1, 0.15) is 0 Å². The van der Waals surface area contributed by atoms with Crippen molar-refractivity contribution < 1.29 is 4.21 Å². The van der Waals surface area contributed by atoms with Gasteiger partial charge >= 0.3 is 0 Å². The van der Waals surface area contributed by atoms with Crippen LogP contribution in [0.15, 0.2) is 35.3 Å². The van der Waals surface area contributed by atoms with Gasteiger partial charge in [-0.05, 0) is 33.3 Å². The van der Waals surface area contributed by atoms with Gasteiger partial charge in [0.2, 0.25) is 0 Å². The van der Waals surface area contributed by atoms with Crippen LogP contribution in [-0.2, 0) is 17.3 Å². The summed E-state index contributed by atoms with van der Waals surface area (Å²) in [5.74, 6) is 1.45. The molecule has 0 aliphatic rings. The largest absolute Gasteiger partial charge is 0.357 e. The fourth-order valence-electron chi connectivity index (χ4n) is 1.94. The highest BCUT2D eigenvalue weighted by Crippen LogP contribution is 2.11. The van der Waals surface area contributed by atoms with Crippen molar-refractivity contribution >= 4 is 40.7 Å². The van der Waals surface area contributed by atoms with Gasteiger partial charge in [0.05, 0.1) is 6.54 Å². The molecule has 1 atom stereocenters. The van der Waals surface area contributed by atoms with E-state index >= 15 is 0 Å². The van der Waals surface area contributed by atoms with Crippen LogP contribution in [-0.4, -0.2) is 45.7 Å². The Labute approximate surface area is 160 Å². The molecule has 0 bridgehead atoms. The van der Waals surface area contributed by atoms with E-state index in [0.717, 1.165) is 19.0 Å². The van der Waals surface area contributed by atoms with Gasteiger partial charge in [-0.25, -0.2) is 0 Å². The number of nitrogens with one attached hydrogen (secondary N) is 1. The molecule has 132 valence electrons. The smallest absolute Gasteiger partial charge is 0.193 e. The summed E-state index contributed by atoms with van der Waals surface area (Å²) in [5, 5.41) is 3.29. The number of nitrogens with zero attached hydrogens (tertiary/aromatic N) is 2. The van der Waals surface area contributed by atoms with Gasteiger partial charge in [-0.2, -0.15) is 0 Å². The van der Waals surface area contributed by atoms with Crippen molar-refractivity contribution in [2.45, 2.75) is 39.0 Å². The number of guanidine groups is 1. The molecule has 0 fully saturated rings. The molecule has 0 heterocycles. The lowest BCUT2D eigenvalue weighted by atomic mass is 10.2. The standard InChI is InChI=1S/C17H29N3OS.HI/c1-6-18-16(19-12-13-22(21)17(2,3)4)20(5)14-15-10-8-7-9-11-15;/h7-11H,6,12-14H2,1-5H3,(H,18,19);1H. The minimum Gasteiger partial charge on any atom is -0.357 e. The quantitative estimate of drug-likeness (QED) is 0.410. The van der Waals surface area contributed by atoms with Crippen molar-refractivity contribution in [2.24, 2.45) is 4.99 Å². The molecule has 0 spiro atoms. The van der Waals surface area contributed by atoms with Crippen molar-refractivity contribution in [3.63, 3.8) is 0 Å². The number of benzene rings is 1. The lowest BCUT2D eigenvalue weighted by Crippen LogP contribution is -2.39. The van der Waals surface area contributed by atoms with E-state index in [9.17, 15) is 4.21 Å². The van der Waals surface area contributed by atoms with Crippen LogP contribution in [0, 0.1) is 0 Å². The number of halogens is 1. The van der Waals surface area contributed by atoms with Gasteiger partial charge in [-0.15, -0.1) is 24.0 Å². The van der Waals surface area contributed by atoms with Gasteiger partial charge < -0.3 is 10.2 Å². The Bertz CT molecular complexity index is 500. The van der Waals surface area contributed by atoms with Crippen LogP contribution in [0.4, 0.5) is 0 Å². The summed E-state index contributed by atoms with van der Waals surface area (Å²) in [6, 6.07) is 10.3. The summed E-state index contributed by atoms with van der Waals surface area (Å²) in [5.41, 5.74) is 1.24. The van der Waals surface area contributed by atoms with Gasteiger partial charge in [-0.3, -0.25) is 9.20 Å². The Balaban J connectivity index is 0.00000484. The van der Waals surface area contributed by atoms with Gasteiger partial charge in [-0.1, -0.05) is 30.3 Å². The molecular formula is C17H30IN3OS. The number of aliphatic imine (C=N–C) groups is 1. The van der Waals surface area contributed by atoms with E-state index < -0.39 is 10.8 Å². The first-order valence-electron chi connectivity index (χ1n) is 7.76. The highest BCUT2D eigenvalue weighted by atomic mass is 127. The van der Waals surface area contributed by atoms with Crippen LogP contribution in [0.5, 0.6) is 0 Å². The molecule has 23 heavy (non-hydrogen) atoms. The van der Waals surface area contributed by atoms with E-state index in [1.165, 1.54) is 5.56 Å². The Morgan fingerprint density at radius 2 is 1.87 bits per heavy atom. The SMILES string of the molecule is CCNC(=NCCS(=O)C(C)(C)C)N(C)Cc1ccccc1.I. The first kappa shape index (κ1) is 22.4. The van der Waals surface area contributed by atoms with E-state index in [0.29, 0.717) is 12.3 Å². The Morgan fingerprint density at radius 3 is 2.39 bits per heavy atom. The van der Waals surface area contributed by atoms with E-state index in [4.69, 9.17) is 0 Å². The zero-order valence-electron chi connectivity index (χ0n) is 14.8. The molecule has 0 saturated heterocycles. The molecular weight excluding hydrogens is 421 g/mol. The average Bonchev–Trinajstić information content (AvgIpc) is 2.46. The predicted molar refractivity (Wildman–Crippen MR) is 112 cm³/mol. The second-order valence-electron chi connectivity index (χ2n) is 6.24. The third-order valence-electron chi connectivity index (χ3n) is 3.18. The first-order valence-corrected chi connectivity index (χ1v) is 9.08. The summed E-state index contributed by atoms with van der Waals surface area (Å²) < 4.78 is 11.9. The monoisotopic (exact) mass is 451 g/mol. The minimum atomic E-state index is -0.862. The van der Waals surface area contributed by atoms with Crippen molar-refractivity contribution in [3.8, 4) is 0 Å². The molecule has 1 aromatic carbocycles. The fraction of sp³-hybridized carbons (Fsp3) is 0.588. The summed E-state index contributed by atoms with van der Waals surface area (Å²) in [6.07, 6.45) is 0. The summed E-state index contributed by atoms with van der Waals surface area (Å²) >= 11 is 0. The maximum Gasteiger partial charge on any atom is 0.193 e. The van der Waals surface area contributed by atoms with Crippen LogP contribution in [0.2, 0.25) is 0 Å². The Morgan fingerprint density at radius 1 is 1.26 bits per heavy atom. The zero-order chi connectivity index (χ0) is 16.6. The predicted octanol–water partition coefficient (Wildman–Crippen LogP) is 3.25. The summed E-state index contributed by atoms with van der Waals surface area (Å²) in [7, 11) is 1.16. The molecule has 1 rings (SSSR count). The van der Waals surface area contributed by atoms with Gasteiger partial charge in [0, 0.05) is 41.4 Å². The molecule has 0 aromatic heterocycles. The maximum atomic E-state index is 12.1. The topological polar surface area (TPSA) is 44.7 Å². The van der Waals surface area contributed by atoms with Crippen molar-refractivity contribution in [2.75, 3.05) is 25.9 Å². The van der Waals surface area contributed by atoms with E-state index in [1.54, 1.807) is 0 Å². The molecule has 4 nitrogen and oxygen atoms in total. The molecule has 1 N–H and O–H groups in total. The Kier molecular flexibility index (Phi) is 10.7. The molecule has 1 aromatic rings. The number of hydrogen-bond donors (Lipinski definition) is 1. The van der Waals surface area contributed by atoms with Crippen LogP contribution in [0.25, 0.3) is 0 Å². The van der Waals surface area contributed by atoms with E-state index in [2.05, 4.69) is 34.3 Å². The third-order valence-corrected chi connectivity index (χ3v) is 5.10. The highest BCUT2D eigenvalue weighted by molar-refractivity contribution is 14.0. The second-order valence-corrected chi connectivity index (χ2v) is 8.56. The molecule has 0 saturated carbocycles. The molecule has 0 radical (unpaired) electrons. The van der Waals surface area contributed by atoms with Crippen LogP contribution >= 0.6 is 24.0 Å². The average molecular weight is 451 g/mol. The van der Waals surface area contributed by atoms with Crippen LogP contribution < -0.4 is 5.32 Å². The highest BCUT2D eigenvalue weighted by Gasteiger charge is 2.18. The minimum absolute atomic E-state index is 0. The Hall–Kier alpha value is -0.630. The third kappa shape index (κ3) is 8.69. The summed E-state index contributed by atoms with van der Waals surface area (Å²) in [4.78, 5) is 6.70. The molecule has 0 aliphatic heterocycles. The molecule has 1 unspecified atom stereocenters. The molecule has 0 aliphatic carbocycles. The number of rotatable bonds is 6. The molecule has 0 amide bonds. The lowest BCUT2D eigenvalue weighted by Gasteiger charge is -2.22. The zero-order valence-corrected chi connectivity index (χ0v) is 18.0. The second kappa shape index (κ2) is 11.0. The number of hydrogen-bond acceptors (Lipinski definition) is 2. The first-order chi connectivity index (χ1) is 10.3. The van der Waals surface area contributed by atoms with E-state index in [1.807, 2.05) is 46.0 Å². The van der Waals surface area contributed by atoms with E-state index in [-0.39, 0.29) is 28.7 Å². The fourth-order valence-corrected chi connectivity index (χ4v) is 2.81. The van der Waals surface area contributed by atoms with Crippen molar-refractivity contribution in [1.82, 2.24) is 10.2 Å². The molecule has 6 heteroatoms. The van der Waals surface area contributed by atoms with Crippen molar-refractivity contribution in [1.29, 1.82) is 0 Å². The van der Waals surface area contributed by atoms with Crippen LogP contribution in [0.1, 0.15) is 33.3 Å². The van der Waals surface area contributed by atoms with Gasteiger partial charge in [0.15, 0.2) is 5.96 Å². The lowest BCUT2D eigenvalue weighted by molar-refractivity contribution is 0.477. The van der Waals surface area contributed by atoms with Crippen molar-refractivity contribution in [3.05, 3.63) is 35.9 Å². The van der Waals surface area contributed by atoms with Crippen LogP contribution in [0.3, 0.4) is 0 Å².